The van der Waals surface area contributed by atoms with E-state index in [2.05, 4.69) is 24.8 Å². The predicted molar refractivity (Wildman–Crippen MR) is 78.5 cm³/mol. The Hall–Kier alpha value is -1.35. The Morgan fingerprint density at radius 2 is 1.53 bits per heavy atom. The maximum atomic E-state index is 12.5. The maximum absolute atomic E-state index is 12.5. The molecule has 1 fully saturated rings. The van der Waals surface area contributed by atoms with Crippen molar-refractivity contribution in [2.75, 3.05) is 26.2 Å². The van der Waals surface area contributed by atoms with Crippen molar-refractivity contribution >= 4 is 5.91 Å². The maximum Gasteiger partial charge on any atom is 0.253 e. The van der Waals surface area contributed by atoms with Crippen molar-refractivity contribution in [1.82, 2.24) is 9.80 Å². The Kier molecular flexibility index (Phi) is 4.25. The average Bonchev–Trinajstić information content (AvgIpc) is 2.37. The molecule has 0 spiro atoms. The number of hydrogen-bond acceptors (Lipinski definition) is 2. The smallest absolute Gasteiger partial charge is 0.253 e. The van der Waals surface area contributed by atoms with Crippen molar-refractivity contribution < 1.29 is 4.79 Å². The zero-order valence-corrected chi connectivity index (χ0v) is 12.4. The van der Waals surface area contributed by atoms with Crippen LogP contribution in [-0.4, -0.2) is 47.9 Å². The Morgan fingerprint density at radius 3 is 2.00 bits per heavy atom. The molecule has 3 nitrogen and oxygen atoms in total. The first-order valence-electron chi connectivity index (χ1n) is 7.09. The van der Waals surface area contributed by atoms with Gasteiger partial charge in [-0.3, -0.25) is 9.69 Å². The lowest BCUT2D eigenvalue weighted by Crippen LogP contribution is -2.50. The van der Waals surface area contributed by atoms with Crippen LogP contribution in [0.4, 0.5) is 0 Å². The fraction of sp³-hybridized carbons (Fsp3) is 0.562. The van der Waals surface area contributed by atoms with Gasteiger partial charge in [0.25, 0.3) is 5.91 Å². The summed E-state index contributed by atoms with van der Waals surface area (Å²) in [7, 11) is 0. The van der Waals surface area contributed by atoms with Crippen LogP contribution in [0.5, 0.6) is 0 Å². The summed E-state index contributed by atoms with van der Waals surface area (Å²) in [6.07, 6.45) is 0. The van der Waals surface area contributed by atoms with E-state index in [4.69, 9.17) is 0 Å². The molecule has 1 saturated heterocycles. The largest absolute Gasteiger partial charge is 0.336 e. The lowest BCUT2D eigenvalue weighted by Gasteiger charge is -2.37. The zero-order valence-electron chi connectivity index (χ0n) is 12.4. The summed E-state index contributed by atoms with van der Waals surface area (Å²) in [6, 6.07) is 6.65. The molecular formula is C16H24N2O. The molecule has 0 atom stereocenters. The van der Waals surface area contributed by atoms with Gasteiger partial charge in [0, 0.05) is 37.8 Å². The zero-order chi connectivity index (χ0) is 14.0. The van der Waals surface area contributed by atoms with Crippen LogP contribution in [0.3, 0.4) is 0 Å². The van der Waals surface area contributed by atoms with E-state index in [1.54, 1.807) is 0 Å². The van der Waals surface area contributed by atoms with E-state index in [1.807, 2.05) is 30.9 Å². The first-order valence-corrected chi connectivity index (χ1v) is 7.09. The second-order valence-electron chi connectivity index (χ2n) is 5.80. The topological polar surface area (TPSA) is 23.6 Å². The normalized spacial score (nSPS) is 17.0. The minimum Gasteiger partial charge on any atom is -0.336 e. The first-order chi connectivity index (χ1) is 8.97. The molecule has 1 heterocycles. The number of rotatable bonds is 2. The number of carbonyl (C=O) groups is 1. The van der Waals surface area contributed by atoms with Crippen molar-refractivity contribution in [2.24, 2.45) is 0 Å². The second-order valence-corrected chi connectivity index (χ2v) is 5.80. The SMILES string of the molecule is Cc1cc(C)cc(C(=O)N2CCN(C(C)C)CC2)c1. The van der Waals surface area contributed by atoms with Crippen LogP contribution >= 0.6 is 0 Å². The van der Waals surface area contributed by atoms with Gasteiger partial charge in [-0.05, 0) is 39.8 Å². The molecule has 0 bridgehead atoms. The fourth-order valence-corrected chi connectivity index (χ4v) is 2.72. The lowest BCUT2D eigenvalue weighted by atomic mass is 10.1. The average molecular weight is 260 g/mol. The van der Waals surface area contributed by atoms with E-state index in [-0.39, 0.29) is 5.91 Å². The third-order valence-electron chi connectivity index (χ3n) is 3.80. The van der Waals surface area contributed by atoms with E-state index in [0.29, 0.717) is 6.04 Å². The highest BCUT2D eigenvalue weighted by atomic mass is 16.2. The molecule has 0 saturated carbocycles. The van der Waals surface area contributed by atoms with E-state index < -0.39 is 0 Å². The number of amides is 1. The minimum atomic E-state index is 0.176. The van der Waals surface area contributed by atoms with Gasteiger partial charge >= 0.3 is 0 Å². The van der Waals surface area contributed by atoms with Crippen LogP contribution in [-0.2, 0) is 0 Å². The van der Waals surface area contributed by atoms with Crippen molar-refractivity contribution in [3.05, 3.63) is 34.9 Å². The van der Waals surface area contributed by atoms with E-state index in [0.717, 1.165) is 42.9 Å². The van der Waals surface area contributed by atoms with Gasteiger partial charge in [0.05, 0.1) is 0 Å². The van der Waals surface area contributed by atoms with E-state index >= 15 is 0 Å². The summed E-state index contributed by atoms with van der Waals surface area (Å²) in [5.74, 6) is 0.176. The minimum absolute atomic E-state index is 0.176. The van der Waals surface area contributed by atoms with Crippen molar-refractivity contribution in [3.63, 3.8) is 0 Å². The summed E-state index contributed by atoms with van der Waals surface area (Å²) in [5, 5.41) is 0. The molecule has 3 heteroatoms. The van der Waals surface area contributed by atoms with Crippen LogP contribution < -0.4 is 0 Å². The van der Waals surface area contributed by atoms with Crippen molar-refractivity contribution in [1.29, 1.82) is 0 Å². The summed E-state index contributed by atoms with van der Waals surface area (Å²) in [4.78, 5) is 16.9. The molecule has 1 aromatic carbocycles. The van der Waals surface area contributed by atoms with Crippen LogP contribution in [0.2, 0.25) is 0 Å². The standard InChI is InChI=1S/C16H24N2O/c1-12(2)17-5-7-18(8-6-17)16(19)15-10-13(3)9-14(4)11-15/h9-12H,5-8H2,1-4H3. The molecule has 1 aliphatic rings. The van der Waals surface area contributed by atoms with E-state index in [1.165, 1.54) is 0 Å². The molecule has 0 radical (unpaired) electrons. The predicted octanol–water partition coefficient (Wildman–Crippen LogP) is 2.47. The van der Waals surface area contributed by atoms with Gasteiger partial charge in [-0.1, -0.05) is 17.2 Å². The van der Waals surface area contributed by atoms with Crippen molar-refractivity contribution in [3.8, 4) is 0 Å². The lowest BCUT2D eigenvalue weighted by molar-refractivity contribution is 0.0595. The Morgan fingerprint density at radius 1 is 1.00 bits per heavy atom. The Bertz CT molecular complexity index is 440. The number of nitrogens with zero attached hydrogens (tertiary/aromatic N) is 2. The van der Waals surface area contributed by atoms with Gasteiger partial charge in [0.1, 0.15) is 0 Å². The first kappa shape index (κ1) is 14.1. The third-order valence-corrected chi connectivity index (χ3v) is 3.80. The van der Waals surface area contributed by atoms with Crippen LogP contribution in [0.15, 0.2) is 18.2 Å². The van der Waals surface area contributed by atoms with Gasteiger partial charge in [-0.2, -0.15) is 0 Å². The number of hydrogen-bond donors (Lipinski definition) is 0. The van der Waals surface area contributed by atoms with Gasteiger partial charge in [-0.25, -0.2) is 0 Å². The molecule has 0 unspecified atom stereocenters. The van der Waals surface area contributed by atoms with Gasteiger partial charge in [-0.15, -0.1) is 0 Å². The second kappa shape index (κ2) is 5.74. The summed E-state index contributed by atoms with van der Waals surface area (Å²) in [5.41, 5.74) is 3.14. The summed E-state index contributed by atoms with van der Waals surface area (Å²) in [6.45, 7) is 12.1. The molecule has 1 aliphatic heterocycles. The Labute approximate surface area is 116 Å². The molecule has 0 aromatic heterocycles. The third kappa shape index (κ3) is 3.35. The number of carbonyl (C=O) groups excluding carboxylic acids is 1. The number of benzene rings is 1. The molecule has 19 heavy (non-hydrogen) atoms. The van der Waals surface area contributed by atoms with Gasteiger partial charge in [0.2, 0.25) is 0 Å². The van der Waals surface area contributed by atoms with Crippen LogP contribution in [0.25, 0.3) is 0 Å². The summed E-state index contributed by atoms with van der Waals surface area (Å²) >= 11 is 0. The highest BCUT2D eigenvalue weighted by Gasteiger charge is 2.23. The Balaban J connectivity index is 2.05. The monoisotopic (exact) mass is 260 g/mol. The summed E-state index contributed by atoms with van der Waals surface area (Å²) < 4.78 is 0. The molecule has 104 valence electrons. The highest BCUT2D eigenvalue weighted by molar-refractivity contribution is 5.94. The molecule has 1 amide bonds. The molecule has 2 rings (SSSR count). The highest BCUT2D eigenvalue weighted by Crippen LogP contribution is 2.14. The van der Waals surface area contributed by atoms with Gasteiger partial charge in [0.15, 0.2) is 0 Å². The van der Waals surface area contributed by atoms with E-state index in [9.17, 15) is 4.79 Å². The van der Waals surface area contributed by atoms with Gasteiger partial charge < -0.3 is 4.90 Å². The molecule has 0 aliphatic carbocycles. The quantitative estimate of drug-likeness (QED) is 0.815. The van der Waals surface area contributed by atoms with Crippen LogP contribution in [0.1, 0.15) is 35.3 Å². The fourth-order valence-electron chi connectivity index (χ4n) is 2.72. The molecule has 0 N–H and O–H groups in total. The molecular weight excluding hydrogens is 236 g/mol. The van der Waals surface area contributed by atoms with Crippen molar-refractivity contribution in [2.45, 2.75) is 33.7 Å². The molecule has 1 aromatic rings. The number of piperazine rings is 1. The van der Waals surface area contributed by atoms with Crippen LogP contribution in [0, 0.1) is 13.8 Å². The number of aryl methyl sites for hydroxylation is 2.